The van der Waals surface area contributed by atoms with E-state index < -0.39 is 5.97 Å². The van der Waals surface area contributed by atoms with E-state index in [0.717, 1.165) is 12.8 Å². The quantitative estimate of drug-likeness (QED) is 0.461. The van der Waals surface area contributed by atoms with Crippen molar-refractivity contribution in [2.24, 2.45) is 4.99 Å². The SMILES string of the molecule is CCC/C=C(Cl)/N=C(Cl)\C=C(/C)C(=O)O. The molecule has 84 valence electrons. The standard InChI is InChI=1S/C10H13Cl2NO2/c1-3-4-5-8(11)13-9(12)6-7(2)10(14)15/h5-6H,3-4H2,1-2H3,(H,14,15)/b7-6+,8-5+,13-9+. The molecule has 5 heteroatoms. The molecule has 0 unspecified atom stereocenters. The number of carboxylic acids is 1. The molecule has 1 N–H and O–H groups in total. The summed E-state index contributed by atoms with van der Waals surface area (Å²) >= 11 is 11.4. The summed E-state index contributed by atoms with van der Waals surface area (Å²) in [5.41, 5.74) is 0.115. The summed E-state index contributed by atoms with van der Waals surface area (Å²) in [7, 11) is 0. The molecule has 0 atom stereocenters. The number of unbranched alkanes of at least 4 members (excludes halogenated alkanes) is 1. The highest BCUT2D eigenvalue weighted by Gasteiger charge is 2.01. The topological polar surface area (TPSA) is 49.7 Å². The number of rotatable bonds is 5. The van der Waals surface area contributed by atoms with E-state index in [9.17, 15) is 4.79 Å². The van der Waals surface area contributed by atoms with Crippen LogP contribution < -0.4 is 0 Å². The van der Waals surface area contributed by atoms with E-state index >= 15 is 0 Å². The number of carboxylic acid groups (broad SMARTS) is 1. The molecule has 0 radical (unpaired) electrons. The van der Waals surface area contributed by atoms with Crippen LogP contribution in [0, 0.1) is 0 Å². The van der Waals surface area contributed by atoms with Crippen molar-refractivity contribution in [3.63, 3.8) is 0 Å². The van der Waals surface area contributed by atoms with Gasteiger partial charge < -0.3 is 5.11 Å². The van der Waals surface area contributed by atoms with Crippen molar-refractivity contribution in [2.75, 3.05) is 0 Å². The molecule has 0 aliphatic carbocycles. The van der Waals surface area contributed by atoms with Crippen molar-refractivity contribution < 1.29 is 9.90 Å². The second-order valence-electron chi connectivity index (χ2n) is 2.88. The lowest BCUT2D eigenvalue weighted by Gasteiger charge is -1.93. The fourth-order valence-corrected chi connectivity index (χ4v) is 1.18. The third-order valence-corrected chi connectivity index (χ3v) is 1.92. The molecule has 0 amide bonds. The van der Waals surface area contributed by atoms with Gasteiger partial charge in [0.2, 0.25) is 0 Å². The lowest BCUT2D eigenvalue weighted by atomic mass is 10.3. The Balaban J connectivity index is 4.57. The van der Waals surface area contributed by atoms with Crippen LogP contribution in [0.3, 0.4) is 0 Å². The van der Waals surface area contributed by atoms with Crippen LogP contribution in [0.4, 0.5) is 0 Å². The average Bonchev–Trinajstić information content (AvgIpc) is 2.14. The third-order valence-electron chi connectivity index (χ3n) is 1.49. The molecule has 0 saturated heterocycles. The molecule has 0 bridgehead atoms. The number of nitrogens with zero attached hydrogens (tertiary/aromatic N) is 1. The van der Waals surface area contributed by atoms with Crippen LogP contribution in [-0.4, -0.2) is 16.2 Å². The minimum Gasteiger partial charge on any atom is -0.478 e. The zero-order chi connectivity index (χ0) is 11.8. The molecular formula is C10H13Cl2NO2. The summed E-state index contributed by atoms with van der Waals surface area (Å²) < 4.78 is 0. The van der Waals surface area contributed by atoms with E-state index in [1.807, 2.05) is 6.92 Å². The zero-order valence-corrected chi connectivity index (χ0v) is 10.1. The predicted octanol–water partition coefficient (Wildman–Crippen LogP) is 3.53. The Morgan fingerprint density at radius 3 is 2.53 bits per heavy atom. The molecule has 0 spiro atoms. The van der Waals surface area contributed by atoms with E-state index in [1.54, 1.807) is 6.08 Å². The number of halogens is 2. The molecule has 0 aromatic heterocycles. The first-order chi connectivity index (χ1) is 6.97. The van der Waals surface area contributed by atoms with Crippen molar-refractivity contribution in [1.82, 2.24) is 0 Å². The van der Waals surface area contributed by atoms with Crippen LogP contribution in [0.25, 0.3) is 0 Å². The highest BCUT2D eigenvalue weighted by Crippen LogP contribution is 2.09. The Morgan fingerprint density at radius 1 is 1.47 bits per heavy atom. The predicted molar refractivity (Wildman–Crippen MR) is 63.5 cm³/mol. The fraction of sp³-hybridized carbons (Fsp3) is 0.400. The van der Waals surface area contributed by atoms with Gasteiger partial charge in [0.1, 0.15) is 10.3 Å². The minimum atomic E-state index is -1.03. The average molecular weight is 250 g/mol. The van der Waals surface area contributed by atoms with E-state index in [4.69, 9.17) is 28.3 Å². The second-order valence-corrected chi connectivity index (χ2v) is 3.66. The maximum Gasteiger partial charge on any atom is 0.331 e. The lowest BCUT2D eigenvalue weighted by Crippen LogP contribution is -1.97. The third kappa shape index (κ3) is 7.17. The number of hydrogen-bond donors (Lipinski definition) is 1. The van der Waals surface area contributed by atoms with Crippen LogP contribution >= 0.6 is 23.2 Å². The van der Waals surface area contributed by atoms with Crippen LogP contribution in [0.1, 0.15) is 26.7 Å². The molecular weight excluding hydrogens is 237 g/mol. The first-order valence-electron chi connectivity index (χ1n) is 4.48. The van der Waals surface area contributed by atoms with Gasteiger partial charge in [0.25, 0.3) is 0 Å². The number of carbonyl (C=O) groups is 1. The van der Waals surface area contributed by atoms with E-state index in [1.165, 1.54) is 13.0 Å². The van der Waals surface area contributed by atoms with Crippen LogP contribution in [0.5, 0.6) is 0 Å². The summed E-state index contributed by atoms with van der Waals surface area (Å²) in [5, 5.41) is 8.91. The monoisotopic (exact) mass is 249 g/mol. The summed E-state index contributed by atoms with van der Waals surface area (Å²) in [6.45, 7) is 3.45. The summed E-state index contributed by atoms with van der Waals surface area (Å²) in [6.07, 6.45) is 4.77. The number of aliphatic imine (C=N–C) groups is 1. The van der Waals surface area contributed by atoms with Gasteiger partial charge >= 0.3 is 5.97 Å². The Morgan fingerprint density at radius 2 is 2.07 bits per heavy atom. The highest BCUT2D eigenvalue weighted by atomic mass is 35.5. The van der Waals surface area contributed by atoms with Gasteiger partial charge in [0, 0.05) is 5.57 Å². The summed E-state index contributed by atoms with van der Waals surface area (Å²) in [4.78, 5) is 14.3. The van der Waals surface area contributed by atoms with E-state index in [2.05, 4.69) is 4.99 Å². The van der Waals surface area contributed by atoms with Gasteiger partial charge in [-0.25, -0.2) is 9.79 Å². The Hall–Kier alpha value is -0.800. The van der Waals surface area contributed by atoms with Gasteiger partial charge in [-0.15, -0.1) is 0 Å². The molecule has 0 aromatic carbocycles. The largest absolute Gasteiger partial charge is 0.478 e. The molecule has 0 aromatic rings. The van der Waals surface area contributed by atoms with Gasteiger partial charge in [0.15, 0.2) is 0 Å². The number of allylic oxidation sites excluding steroid dienone is 2. The van der Waals surface area contributed by atoms with Crippen molar-refractivity contribution in [3.8, 4) is 0 Å². The minimum absolute atomic E-state index is 0.0623. The molecule has 0 rings (SSSR count). The molecule has 3 nitrogen and oxygen atoms in total. The first-order valence-corrected chi connectivity index (χ1v) is 5.24. The molecule has 0 fully saturated rings. The Bertz CT molecular complexity index is 319. The molecule has 0 aliphatic rings. The van der Waals surface area contributed by atoms with Gasteiger partial charge in [-0.3, -0.25) is 0 Å². The fourth-order valence-electron chi connectivity index (χ4n) is 0.684. The lowest BCUT2D eigenvalue weighted by molar-refractivity contribution is -0.132. The zero-order valence-electron chi connectivity index (χ0n) is 8.63. The number of hydrogen-bond acceptors (Lipinski definition) is 2. The summed E-state index contributed by atoms with van der Waals surface area (Å²) in [6, 6.07) is 0. The van der Waals surface area contributed by atoms with Crippen LogP contribution in [0.2, 0.25) is 0 Å². The van der Waals surface area contributed by atoms with Gasteiger partial charge in [-0.05, 0) is 25.5 Å². The maximum absolute atomic E-state index is 10.5. The van der Waals surface area contributed by atoms with Crippen molar-refractivity contribution >= 4 is 34.3 Å². The molecule has 15 heavy (non-hydrogen) atoms. The molecule has 0 heterocycles. The Kier molecular flexibility index (Phi) is 7.09. The Labute approximate surface area is 99.1 Å². The van der Waals surface area contributed by atoms with Crippen molar-refractivity contribution in [3.05, 3.63) is 22.9 Å². The number of aliphatic carboxylic acids is 1. The van der Waals surface area contributed by atoms with Crippen molar-refractivity contribution in [1.29, 1.82) is 0 Å². The molecule has 0 aliphatic heterocycles. The van der Waals surface area contributed by atoms with Gasteiger partial charge in [-0.2, -0.15) is 0 Å². The maximum atomic E-state index is 10.5. The molecule has 0 saturated carbocycles. The van der Waals surface area contributed by atoms with Crippen LogP contribution in [0.15, 0.2) is 27.9 Å². The van der Waals surface area contributed by atoms with E-state index in [-0.39, 0.29) is 15.9 Å². The van der Waals surface area contributed by atoms with Gasteiger partial charge in [-0.1, -0.05) is 36.5 Å². The highest BCUT2D eigenvalue weighted by molar-refractivity contribution is 6.69. The summed E-state index contributed by atoms with van der Waals surface area (Å²) in [5.74, 6) is -1.03. The second kappa shape index (κ2) is 7.49. The van der Waals surface area contributed by atoms with Crippen molar-refractivity contribution in [2.45, 2.75) is 26.7 Å². The first kappa shape index (κ1) is 14.2. The smallest absolute Gasteiger partial charge is 0.331 e. The van der Waals surface area contributed by atoms with E-state index in [0.29, 0.717) is 0 Å². The van der Waals surface area contributed by atoms with Crippen LogP contribution in [-0.2, 0) is 4.79 Å². The normalized spacial score (nSPS) is 14.3. The van der Waals surface area contributed by atoms with Gasteiger partial charge in [0.05, 0.1) is 0 Å².